The summed E-state index contributed by atoms with van der Waals surface area (Å²) in [5.41, 5.74) is -4.09. The molecule has 1 aliphatic carbocycles. The highest BCUT2D eigenvalue weighted by molar-refractivity contribution is 8.00. The highest BCUT2D eigenvalue weighted by Gasteiger charge is 2.29. The van der Waals surface area contributed by atoms with Gasteiger partial charge in [0.2, 0.25) is 0 Å². The van der Waals surface area contributed by atoms with Crippen molar-refractivity contribution in [1.82, 2.24) is 10.2 Å². The molecule has 118 valence electrons. The first-order valence-electron chi connectivity index (χ1n) is 7.71. The molecule has 1 atom stereocenters. The lowest BCUT2D eigenvalue weighted by Crippen LogP contribution is -2.44. The van der Waals surface area contributed by atoms with Crippen LogP contribution in [0.4, 0.5) is 13.2 Å². The Balaban J connectivity index is 1.77. The molecule has 0 aromatic rings. The largest absolute Gasteiger partial charge is 0.441 e. The summed E-state index contributed by atoms with van der Waals surface area (Å²) in [6.45, 7) is 3.40. The summed E-state index contributed by atoms with van der Waals surface area (Å²) >= 11 is 0.109. The maximum atomic E-state index is 12.2. The molecule has 0 aromatic heterocycles. The summed E-state index contributed by atoms with van der Waals surface area (Å²) in [7, 11) is 0. The molecular weight excluding hydrogens is 285 g/mol. The predicted molar refractivity (Wildman–Crippen MR) is 77.9 cm³/mol. The maximum Gasteiger partial charge on any atom is 0.441 e. The third kappa shape index (κ3) is 5.82. The molecule has 20 heavy (non-hydrogen) atoms. The highest BCUT2D eigenvalue weighted by atomic mass is 32.2. The summed E-state index contributed by atoms with van der Waals surface area (Å²) in [4.78, 5) is 2.22. The van der Waals surface area contributed by atoms with Gasteiger partial charge in [-0.25, -0.2) is 0 Å². The van der Waals surface area contributed by atoms with Crippen molar-refractivity contribution in [3.8, 4) is 0 Å². The van der Waals surface area contributed by atoms with E-state index in [0.717, 1.165) is 32.0 Å². The Morgan fingerprint density at radius 2 is 1.85 bits per heavy atom. The van der Waals surface area contributed by atoms with Gasteiger partial charge in [0.15, 0.2) is 0 Å². The van der Waals surface area contributed by atoms with Crippen LogP contribution in [0.25, 0.3) is 0 Å². The van der Waals surface area contributed by atoms with E-state index in [9.17, 15) is 13.2 Å². The number of halogens is 3. The molecule has 1 N–H and O–H groups in total. The molecule has 2 nitrogen and oxygen atoms in total. The first kappa shape index (κ1) is 16.4. The second kappa shape index (κ2) is 7.90. The summed E-state index contributed by atoms with van der Waals surface area (Å²) in [5.74, 6) is 0.876. The first-order chi connectivity index (χ1) is 9.54. The Labute approximate surface area is 123 Å². The van der Waals surface area contributed by atoms with E-state index >= 15 is 0 Å². The quantitative estimate of drug-likeness (QED) is 0.856. The van der Waals surface area contributed by atoms with Crippen molar-refractivity contribution in [2.24, 2.45) is 5.92 Å². The van der Waals surface area contributed by atoms with Gasteiger partial charge in [0.05, 0.1) is 0 Å². The van der Waals surface area contributed by atoms with E-state index in [1.165, 1.54) is 32.1 Å². The third-order valence-electron chi connectivity index (χ3n) is 4.40. The molecule has 0 spiro atoms. The molecule has 0 amide bonds. The highest BCUT2D eigenvalue weighted by Crippen LogP contribution is 2.30. The second-order valence-corrected chi connectivity index (χ2v) is 7.07. The minimum atomic E-state index is -4.09. The van der Waals surface area contributed by atoms with E-state index in [0.29, 0.717) is 12.6 Å². The fourth-order valence-corrected chi connectivity index (χ4v) is 3.95. The van der Waals surface area contributed by atoms with Crippen LogP contribution in [-0.4, -0.2) is 48.4 Å². The lowest BCUT2D eigenvalue weighted by atomic mass is 9.83. The Bertz CT molecular complexity index is 280. The van der Waals surface area contributed by atoms with E-state index in [2.05, 4.69) is 10.2 Å². The zero-order valence-electron chi connectivity index (χ0n) is 11.9. The van der Waals surface area contributed by atoms with Gasteiger partial charge in [0.25, 0.3) is 0 Å². The van der Waals surface area contributed by atoms with Crippen molar-refractivity contribution in [2.45, 2.75) is 50.1 Å². The fourth-order valence-electron chi connectivity index (χ4n) is 3.37. The number of hydrogen-bond donors (Lipinski definition) is 1. The van der Waals surface area contributed by atoms with Gasteiger partial charge in [-0.05, 0) is 50.0 Å². The van der Waals surface area contributed by atoms with Gasteiger partial charge in [-0.3, -0.25) is 0 Å². The van der Waals surface area contributed by atoms with Crippen molar-refractivity contribution in [3.05, 3.63) is 0 Å². The van der Waals surface area contributed by atoms with Gasteiger partial charge in [0.1, 0.15) is 0 Å². The Hall–Kier alpha value is 0.0600. The summed E-state index contributed by atoms with van der Waals surface area (Å²) in [5, 5.41) is 3.62. The molecule has 1 heterocycles. The topological polar surface area (TPSA) is 15.3 Å². The number of nitrogens with zero attached hydrogens (tertiary/aromatic N) is 1. The molecule has 1 unspecified atom stereocenters. The number of thioether (sulfide) groups is 1. The van der Waals surface area contributed by atoms with Crippen LogP contribution in [0, 0.1) is 5.92 Å². The predicted octanol–water partition coefficient (Wildman–Crippen LogP) is 3.48. The molecule has 0 radical (unpaired) electrons. The molecule has 2 aliphatic rings. The van der Waals surface area contributed by atoms with Crippen LogP contribution in [0.15, 0.2) is 0 Å². The van der Waals surface area contributed by atoms with Crippen LogP contribution in [0.2, 0.25) is 0 Å². The Morgan fingerprint density at radius 3 is 2.55 bits per heavy atom. The molecule has 2 fully saturated rings. The maximum absolute atomic E-state index is 12.2. The van der Waals surface area contributed by atoms with Gasteiger partial charge < -0.3 is 10.2 Å². The molecule has 1 saturated carbocycles. The van der Waals surface area contributed by atoms with Gasteiger partial charge in [-0.2, -0.15) is 13.2 Å². The van der Waals surface area contributed by atoms with E-state index in [1.54, 1.807) is 0 Å². The van der Waals surface area contributed by atoms with Crippen molar-refractivity contribution in [3.63, 3.8) is 0 Å². The third-order valence-corrected chi connectivity index (χ3v) is 5.12. The molecule has 0 bridgehead atoms. The second-order valence-electron chi connectivity index (χ2n) is 5.91. The van der Waals surface area contributed by atoms with Gasteiger partial charge in [-0.1, -0.05) is 19.3 Å². The van der Waals surface area contributed by atoms with E-state index in [1.807, 2.05) is 0 Å². The number of nitrogens with one attached hydrogen (secondary N) is 1. The average Bonchev–Trinajstić information content (AvgIpc) is 2.64. The minimum Gasteiger partial charge on any atom is -0.312 e. The van der Waals surface area contributed by atoms with E-state index < -0.39 is 5.51 Å². The lowest BCUT2D eigenvalue weighted by Gasteiger charge is -2.32. The van der Waals surface area contributed by atoms with E-state index in [4.69, 9.17) is 0 Å². The van der Waals surface area contributed by atoms with Gasteiger partial charge in [-0.15, -0.1) is 0 Å². The van der Waals surface area contributed by atoms with Crippen LogP contribution in [0.1, 0.15) is 38.5 Å². The van der Waals surface area contributed by atoms with Crippen molar-refractivity contribution < 1.29 is 13.2 Å². The molecular formula is C14H25F3N2S. The van der Waals surface area contributed by atoms with E-state index in [-0.39, 0.29) is 17.5 Å². The number of hydrogen-bond acceptors (Lipinski definition) is 3. The monoisotopic (exact) mass is 310 g/mol. The van der Waals surface area contributed by atoms with Gasteiger partial charge >= 0.3 is 5.51 Å². The summed E-state index contributed by atoms with van der Waals surface area (Å²) < 4.78 is 36.6. The van der Waals surface area contributed by atoms with Crippen molar-refractivity contribution in [2.75, 3.05) is 31.9 Å². The molecule has 1 aliphatic heterocycles. The molecule has 0 aromatic carbocycles. The summed E-state index contributed by atoms with van der Waals surface area (Å²) in [6, 6.07) is 0.480. The fraction of sp³-hybridized carbons (Fsp3) is 1.00. The number of rotatable bonds is 4. The lowest BCUT2D eigenvalue weighted by molar-refractivity contribution is -0.0328. The first-order valence-corrected chi connectivity index (χ1v) is 8.69. The summed E-state index contributed by atoms with van der Waals surface area (Å²) in [6.07, 6.45) is 7.57. The zero-order chi connectivity index (χ0) is 14.4. The molecule has 6 heteroatoms. The van der Waals surface area contributed by atoms with Crippen LogP contribution in [-0.2, 0) is 0 Å². The van der Waals surface area contributed by atoms with Crippen LogP contribution in [0.3, 0.4) is 0 Å². The Kier molecular flexibility index (Phi) is 6.49. The average molecular weight is 310 g/mol. The molecule has 2 rings (SSSR count). The van der Waals surface area contributed by atoms with Crippen molar-refractivity contribution in [1.29, 1.82) is 0 Å². The van der Waals surface area contributed by atoms with Crippen LogP contribution < -0.4 is 5.32 Å². The number of alkyl halides is 3. The zero-order valence-corrected chi connectivity index (χ0v) is 12.7. The SMILES string of the molecule is FC(F)(F)SCCN1CCCNC(C2CCCCC2)C1. The van der Waals surface area contributed by atoms with Crippen LogP contribution >= 0.6 is 11.8 Å². The van der Waals surface area contributed by atoms with Gasteiger partial charge in [0, 0.05) is 24.9 Å². The molecule has 1 saturated heterocycles. The standard InChI is InChI=1S/C14H25F3N2S/c15-14(16,17)20-10-9-19-8-4-7-18-13(11-19)12-5-2-1-3-6-12/h12-13,18H,1-11H2. The normalized spacial score (nSPS) is 27.4. The minimum absolute atomic E-state index is 0.109. The smallest absolute Gasteiger partial charge is 0.312 e. The van der Waals surface area contributed by atoms with Crippen LogP contribution in [0.5, 0.6) is 0 Å². The Morgan fingerprint density at radius 1 is 1.10 bits per heavy atom. The van der Waals surface area contributed by atoms with Crippen molar-refractivity contribution >= 4 is 11.8 Å².